The zero-order chi connectivity index (χ0) is 20.7. The van der Waals surface area contributed by atoms with E-state index in [9.17, 15) is 23.9 Å². The van der Waals surface area contributed by atoms with Gasteiger partial charge in [0.1, 0.15) is 5.69 Å². The molecule has 2 aromatic rings. The molecule has 0 saturated carbocycles. The number of hydrogen-bond donors (Lipinski definition) is 2. The first-order valence-electron chi connectivity index (χ1n) is 9.01. The molecule has 1 atom stereocenters. The molecule has 0 saturated heterocycles. The van der Waals surface area contributed by atoms with Crippen LogP contribution in [-0.2, 0) is 12.3 Å². The van der Waals surface area contributed by atoms with Gasteiger partial charge in [-0.1, -0.05) is 20.8 Å². The standard InChI is InChI=1S/C18H23F2N5O3/c1-17(2,3)12(10-26)22-16(27)14-11-5-4-6-18(19,20)15(11)25(23-14)13-9-24(28)8-7-21-13/h7-9,12,26H,4-6,10H2,1-3H3,(H,22,27). The van der Waals surface area contributed by atoms with Gasteiger partial charge >= 0.3 is 0 Å². The molecule has 1 aliphatic carbocycles. The largest absolute Gasteiger partial charge is 0.619 e. The molecule has 0 bridgehead atoms. The predicted molar refractivity (Wildman–Crippen MR) is 94.9 cm³/mol. The molecule has 0 radical (unpaired) electrons. The first kappa shape index (κ1) is 20.1. The Bertz CT molecular complexity index is 892. The van der Waals surface area contributed by atoms with Crippen molar-refractivity contribution < 1.29 is 23.4 Å². The Morgan fingerprint density at radius 3 is 2.82 bits per heavy atom. The van der Waals surface area contributed by atoms with Crippen molar-refractivity contribution in [1.82, 2.24) is 20.1 Å². The number of carbonyl (C=O) groups is 1. The molecule has 2 N–H and O–H groups in total. The lowest BCUT2D eigenvalue weighted by Gasteiger charge is -2.29. The van der Waals surface area contributed by atoms with Crippen molar-refractivity contribution in [3.05, 3.63) is 40.7 Å². The summed E-state index contributed by atoms with van der Waals surface area (Å²) in [5.74, 6) is -3.94. The highest BCUT2D eigenvalue weighted by atomic mass is 19.3. The van der Waals surface area contributed by atoms with E-state index in [-0.39, 0.29) is 42.9 Å². The van der Waals surface area contributed by atoms with E-state index in [1.165, 1.54) is 6.20 Å². The number of alkyl halides is 2. The van der Waals surface area contributed by atoms with Gasteiger partial charge in [-0.05, 0) is 18.3 Å². The monoisotopic (exact) mass is 395 g/mol. The lowest BCUT2D eigenvalue weighted by atomic mass is 9.87. The van der Waals surface area contributed by atoms with Crippen LogP contribution in [0.1, 0.15) is 55.4 Å². The van der Waals surface area contributed by atoms with Gasteiger partial charge in [0.25, 0.3) is 11.8 Å². The van der Waals surface area contributed by atoms with Gasteiger partial charge in [-0.2, -0.15) is 18.6 Å². The summed E-state index contributed by atoms with van der Waals surface area (Å²) in [6.07, 6.45) is 3.41. The van der Waals surface area contributed by atoms with E-state index in [0.29, 0.717) is 4.73 Å². The Morgan fingerprint density at radius 2 is 2.21 bits per heavy atom. The maximum atomic E-state index is 14.7. The first-order valence-corrected chi connectivity index (χ1v) is 9.01. The van der Waals surface area contributed by atoms with Crippen LogP contribution in [0.4, 0.5) is 8.78 Å². The third-order valence-corrected chi connectivity index (χ3v) is 4.88. The van der Waals surface area contributed by atoms with Gasteiger partial charge in [0.2, 0.25) is 12.0 Å². The van der Waals surface area contributed by atoms with Gasteiger partial charge in [-0.15, -0.1) is 0 Å². The van der Waals surface area contributed by atoms with E-state index in [2.05, 4.69) is 15.4 Å². The van der Waals surface area contributed by atoms with Crippen LogP contribution in [0.3, 0.4) is 0 Å². The Hall–Kier alpha value is -2.62. The summed E-state index contributed by atoms with van der Waals surface area (Å²) < 4.78 is 30.7. The van der Waals surface area contributed by atoms with E-state index in [1.807, 2.05) is 20.8 Å². The van der Waals surface area contributed by atoms with Crippen molar-refractivity contribution in [1.29, 1.82) is 0 Å². The minimum atomic E-state index is -3.20. The highest BCUT2D eigenvalue weighted by Gasteiger charge is 2.44. The smallest absolute Gasteiger partial charge is 0.290 e. The molecule has 152 valence electrons. The topological polar surface area (TPSA) is 107 Å². The van der Waals surface area contributed by atoms with Crippen LogP contribution in [0.5, 0.6) is 0 Å². The molecule has 0 fully saturated rings. The molecule has 0 aliphatic heterocycles. The minimum Gasteiger partial charge on any atom is -0.619 e. The summed E-state index contributed by atoms with van der Waals surface area (Å²) in [6, 6.07) is -0.580. The molecule has 1 aliphatic rings. The fourth-order valence-corrected chi connectivity index (χ4v) is 3.25. The quantitative estimate of drug-likeness (QED) is 0.602. The third-order valence-electron chi connectivity index (χ3n) is 4.88. The summed E-state index contributed by atoms with van der Waals surface area (Å²) in [6.45, 7) is 5.23. The normalized spacial score (nSPS) is 17.1. The highest BCUT2D eigenvalue weighted by molar-refractivity contribution is 5.94. The second-order valence-corrected chi connectivity index (χ2v) is 7.99. The van der Waals surface area contributed by atoms with Crippen LogP contribution >= 0.6 is 0 Å². The summed E-state index contributed by atoms with van der Waals surface area (Å²) in [5.41, 5.74) is -0.854. The predicted octanol–water partition coefficient (Wildman–Crippen LogP) is 1.47. The SMILES string of the molecule is CC(C)(C)C(CO)NC(=O)c1nn(-c2c[n+]([O-])ccn2)c2c1CCCC2(F)F. The molecular formula is C18H23F2N5O3. The van der Waals surface area contributed by atoms with Crippen molar-refractivity contribution in [3.8, 4) is 5.82 Å². The Balaban J connectivity index is 2.09. The van der Waals surface area contributed by atoms with Crippen LogP contribution in [0.25, 0.3) is 5.82 Å². The number of fused-ring (bicyclic) bond motifs is 1. The zero-order valence-electron chi connectivity index (χ0n) is 15.9. The molecule has 8 nitrogen and oxygen atoms in total. The summed E-state index contributed by atoms with van der Waals surface area (Å²) in [5, 5.41) is 27.9. The van der Waals surface area contributed by atoms with Crippen molar-refractivity contribution >= 4 is 5.91 Å². The Morgan fingerprint density at radius 1 is 1.50 bits per heavy atom. The van der Waals surface area contributed by atoms with Gasteiger partial charge in [0.15, 0.2) is 11.9 Å². The number of aromatic nitrogens is 4. The Labute approximate surface area is 160 Å². The van der Waals surface area contributed by atoms with E-state index in [1.54, 1.807) is 0 Å². The molecule has 1 amide bonds. The molecule has 1 unspecified atom stereocenters. The summed E-state index contributed by atoms with van der Waals surface area (Å²) in [7, 11) is 0. The number of nitrogens with one attached hydrogen (secondary N) is 1. The van der Waals surface area contributed by atoms with Crippen molar-refractivity contribution in [2.24, 2.45) is 5.41 Å². The lowest BCUT2D eigenvalue weighted by molar-refractivity contribution is -0.605. The molecule has 10 heteroatoms. The number of rotatable bonds is 4. The second kappa shape index (κ2) is 7.08. The van der Waals surface area contributed by atoms with Crippen LogP contribution in [0, 0.1) is 10.6 Å². The molecule has 3 rings (SSSR count). The highest BCUT2D eigenvalue weighted by Crippen LogP contribution is 2.42. The Kier molecular flexibility index (Phi) is 5.09. The minimum absolute atomic E-state index is 0.0936. The molecule has 0 aromatic carbocycles. The molecule has 28 heavy (non-hydrogen) atoms. The van der Waals surface area contributed by atoms with Gasteiger partial charge in [0.05, 0.1) is 18.8 Å². The van der Waals surface area contributed by atoms with E-state index in [4.69, 9.17) is 0 Å². The number of carbonyl (C=O) groups excluding carboxylic acids is 1. The fourth-order valence-electron chi connectivity index (χ4n) is 3.25. The average molecular weight is 395 g/mol. The summed E-state index contributed by atoms with van der Waals surface area (Å²) in [4.78, 5) is 16.8. The van der Waals surface area contributed by atoms with Crippen molar-refractivity contribution in [2.75, 3.05) is 6.61 Å². The van der Waals surface area contributed by atoms with Crippen LogP contribution < -0.4 is 10.0 Å². The number of hydrogen-bond acceptors (Lipinski definition) is 5. The van der Waals surface area contributed by atoms with E-state index in [0.717, 1.165) is 17.1 Å². The number of amides is 1. The zero-order valence-corrected chi connectivity index (χ0v) is 15.9. The van der Waals surface area contributed by atoms with Gasteiger partial charge in [0, 0.05) is 12.0 Å². The maximum absolute atomic E-state index is 14.7. The third kappa shape index (κ3) is 3.68. The second-order valence-electron chi connectivity index (χ2n) is 7.99. The van der Waals surface area contributed by atoms with Gasteiger partial charge in [-0.25, -0.2) is 9.67 Å². The van der Waals surface area contributed by atoms with E-state index >= 15 is 0 Å². The fraction of sp³-hybridized carbons (Fsp3) is 0.556. The van der Waals surface area contributed by atoms with Crippen molar-refractivity contribution in [2.45, 2.75) is 52.0 Å². The number of nitrogens with zero attached hydrogens (tertiary/aromatic N) is 4. The van der Waals surface area contributed by atoms with Crippen LogP contribution in [0.2, 0.25) is 0 Å². The molecular weight excluding hydrogens is 372 g/mol. The van der Waals surface area contributed by atoms with E-state index < -0.39 is 29.0 Å². The number of halogens is 2. The molecule has 0 spiro atoms. The molecule has 2 heterocycles. The van der Waals surface area contributed by atoms with Gasteiger partial charge in [-0.3, -0.25) is 4.79 Å². The average Bonchev–Trinajstić information content (AvgIpc) is 2.99. The first-order chi connectivity index (χ1) is 13.0. The van der Waals surface area contributed by atoms with Crippen molar-refractivity contribution in [3.63, 3.8) is 0 Å². The lowest BCUT2D eigenvalue weighted by Crippen LogP contribution is -2.46. The van der Waals surface area contributed by atoms with Crippen LogP contribution in [-0.4, -0.2) is 38.4 Å². The van der Waals surface area contributed by atoms with Gasteiger partial charge < -0.3 is 15.6 Å². The summed E-state index contributed by atoms with van der Waals surface area (Å²) >= 11 is 0. The number of aliphatic hydroxyl groups is 1. The number of aliphatic hydroxyl groups excluding tert-OH is 1. The van der Waals surface area contributed by atoms with Crippen LogP contribution in [0.15, 0.2) is 18.6 Å². The molecule has 2 aromatic heterocycles. The maximum Gasteiger partial charge on any atom is 0.290 e.